The highest BCUT2D eigenvalue weighted by Gasteiger charge is 2.51. The molecule has 1 aromatic heterocycles. The molecule has 0 atom stereocenters. The zero-order chi connectivity index (χ0) is 16.1. The molecule has 0 saturated carbocycles. The normalized spacial score (nSPS) is 19.8. The van der Waals surface area contributed by atoms with Crippen LogP contribution >= 0.6 is 0 Å². The van der Waals surface area contributed by atoms with Crippen LogP contribution in [0.5, 0.6) is 0 Å². The first-order chi connectivity index (χ1) is 10.2. The van der Waals surface area contributed by atoms with Crippen molar-refractivity contribution in [3.63, 3.8) is 0 Å². The minimum Gasteiger partial charge on any atom is -0.422 e. The molecule has 0 radical (unpaired) electrons. The lowest BCUT2D eigenvalue weighted by Gasteiger charge is -2.32. The lowest BCUT2D eigenvalue weighted by atomic mass is 9.79. The molecule has 0 unspecified atom stereocenters. The Kier molecular flexibility index (Phi) is 3.43. The van der Waals surface area contributed by atoms with E-state index in [0.29, 0.717) is 5.58 Å². The van der Waals surface area contributed by atoms with Gasteiger partial charge in [0.05, 0.1) is 23.4 Å². The van der Waals surface area contributed by atoms with Crippen LogP contribution in [0.25, 0.3) is 11.0 Å². The van der Waals surface area contributed by atoms with E-state index in [4.69, 9.17) is 18.8 Å². The van der Waals surface area contributed by atoms with Gasteiger partial charge in [-0.25, -0.2) is 4.79 Å². The minimum absolute atomic E-state index is 0.246. The minimum atomic E-state index is -0.527. The summed E-state index contributed by atoms with van der Waals surface area (Å²) in [5.41, 5.74) is 0.125. The van der Waals surface area contributed by atoms with Gasteiger partial charge in [-0.2, -0.15) is 0 Å². The van der Waals surface area contributed by atoms with Gasteiger partial charge in [0.25, 0.3) is 0 Å². The van der Waals surface area contributed by atoms with Crippen molar-refractivity contribution in [3.05, 3.63) is 40.2 Å². The number of benzene rings is 1. The van der Waals surface area contributed by atoms with Gasteiger partial charge in [-0.15, -0.1) is 0 Å². The maximum absolute atomic E-state index is 11.7. The lowest BCUT2D eigenvalue weighted by molar-refractivity contribution is 0.00578. The summed E-state index contributed by atoms with van der Waals surface area (Å²) in [6, 6.07) is 7.10. The summed E-state index contributed by atoms with van der Waals surface area (Å²) in [5.74, 6) is 0. The molecule has 1 aromatic carbocycles. The second kappa shape index (κ2) is 4.94. The number of fused-ring (bicyclic) bond motifs is 1. The molecule has 1 aliphatic rings. The van der Waals surface area contributed by atoms with Crippen molar-refractivity contribution in [3.8, 4) is 0 Å². The number of aliphatic hydroxyl groups excluding tert-OH is 1. The standard InChI is InChI=1S/C16H19BO5/c1-15(2)16(3,4)22-17(21-15)12-6-5-10-7-11(9-18)14(19)20-13(10)8-12/h5-8,18H,9H2,1-4H3. The van der Waals surface area contributed by atoms with Gasteiger partial charge >= 0.3 is 12.7 Å². The SMILES string of the molecule is CC1(C)OB(c2ccc3cc(CO)c(=O)oc3c2)OC1(C)C. The Balaban J connectivity index is 2.02. The van der Waals surface area contributed by atoms with Crippen LogP contribution in [0.1, 0.15) is 33.3 Å². The van der Waals surface area contributed by atoms with Crippen LogP contribution < -0.4 is 11.1 Å². The van der Waals surface area contributed by atoms with E-state index in [1.54, 1.807) is 12.1 Å². The molecule has 0 aliphatic carbocycles. The molecule has 1 aliphatic heterocycles. The highest BCUT2D eigenvalue weighted by molar-refractivity contribution is 6.62. The summed E-state index contributed by atoms with van der Waals surface area (Å²) < 4.78 is 17.2. The molecule has 2 heterocycles. The van der Waals surface area contributed by atoms with Gasteiger partial charge in [-0.3, -0.25) is 0 Å². The van der Waals surface area contributed by atoms with Crippen molar-refractivity contribution >= 4 is 23.6 Å². The van der Waals surface area contributed by atoms with Crippen LogP contribution in [-0.4, -0.2) is 23.4 Å². The fourth-order valence-electron chi connectivity index (χ4n) is 2.41. The van der Waals surface area contributed by atoms with Crippen molar-refractivity contribution in [1.29, 1.82) is 0 Å². The third kappa shape index (κ3) is 2.37. The quantitative estimate of drug-likeness (QED) is 0.674. The fraction of sp³-hybridized carbons (Fsp3) is 0.438. The second-order valence-electron chi connectivity index (χ2n) is 6.60. The maximum atomic E-state index is 11.7. The maximum Gasteiger partial charge on any atom is 0.494 e. The van der Waals surface area contributed by atoms with Crippen LogP contribution in [0.2, 0.25) is 0 Å². The van der Waals surface area contributed by atoms with E-state index < -0.39 is 23.9 Å². The molecule has 5 nitrogen and oxygen atoms in total. The van der Waals surface area contributed by atoms with Gasteiger partial charge in [0.2, 0.25) is 0 Å². The Morgan fingerprint density at radius 2 is 1.73 bits per heavy atom. The van der Waals surface area contributed by atoms with E-state index in [-0.39, 0.29) is 12.2 Å². The van der Waals surface area contributed by atoms with Gasteiger partial charge in [0.1, 0.15) is 5.58 Å². The van der Waals surface area contributed by atoms with Crippen LogP contribution in [0, 0.1) is 0 Å². The first-order valence-corrected chi connectivity index (χ1v) is 7.27. The predicted octanol–water partition coefficient (Wildman–Crippen LogP) is 1.58. The molecule has 6 heteroatoms. The van der Waals surface area contributed by atoms with Crippen molar-refractivity contribution in [2.24, 2.45) is 0 Å². The molecule has 3 rings (SSSR count). The zero-order valence-electron chi connectivity index (χ0n) is 13.2. The molecular formula is C16H19BO5. The molecule has 2 aromatic rings. The van der Waals surface area contributed by atoms with E-state index in [1.807, 2.05) is 39.8 Å². The van der Waals surface area contributed by atoms with Crippen LogP contribution in [0.15, 0.2) is 33.5 Å². The van der Waals surface area contributed by atoms with Gasteiger partial charge in [-0.05, 0) is 45.3 Å². The van der Waals surface area contributed by atoms with Gasteiger partial charge in [-0.1, -0.05) is 12.1 Å². The van der Waals surface area contributed by atoms with E-state index in [1.165, 1.54) is 0 Å². The Hall–Kier alpha value is -1.63. The Morgan fingerprint density at radius 3 is 2.32 bits per heavy atom. The predicted molar refractivity (Wildman–Crippen MR) is 84.1 cm³/mol. The largest absolute Gasteiger partial charge is 0.494 e. The van der Waals surface area contributed by atoms with E-state index in [9.17, 15) is 4.79 Å². The van der Waals surface area contributed by atoms with Gasteiger partial charge in [0.15, 0.2) is 0 Å². The van der Waals surface area contributed by atoms with Crippen LogP contribution in [0.3, 0.4) is 0 Å². The van der Waals surface area contributed by atoms with Crippen LogP contribution in [-0.2, 0) is 15.9 Å². The summed E-state index contributed by atoms with van der Waals surface area (Å²) in [6.07, 6.45) is 0. The highest BCUT2D eigenvalue weighted by atomic mass is 16.7. The van der Waals surface area contributed by atoms with E-state index in [2.05, 4.69) is 0 Å². The number of hydrogen-bond acceptors (Lipinski definition) is 5. The molecule has 0 amide bonds. The van der Waals surface area contributed by atoms with Gasteiger partial charge in [0, 0.05) is 5.39 Å². The summed E-state index contributed by atoms with van der Waals surface area (Å²) in [6.45, 7) is 7.62. The smallest absolute Gasteiger partial charge is 0.422 e. The molecule has 1 saturated heterocycles. The zero-order valence-corrected chi connectivity index (χ0v) is 13.2. The topological polar surface area (TPSA) is 68.9 Å². The Bertz CT molecular complexity index is 762. The molecule has 116 valence electrons. The summed E-state index contributed by atoms with van der Waals surface area (Å²) in [7, 11) is -0.503. The van der Waals surface area contributed by atoms with Crippen molar-refractivity contribution in [2.45, 2.75) is 45.5 Å². The lowest BCUT2D eigenvalue weighted by Crippen LogP contribution is -2.41. The number of aliphatic hydroxyl groups is 1. The first-order valence-electron chi connectivity index (χ1n) is 7.27. The molecule has 0 spiro atoms. The summed E-state index contributed by atoms with van der Waals surface area (Å²) in [4.78, 5) is 11.7. The highest BCUT2D eigenvalue weighted by Crippen LogP contribution is 2.36. The van der Waals surface area contributed by atoms with E-state index in [0.717, 1.165) is 10.8 Å². The number of rotatable bonds is 2. The summed E-state index contributed by atoms with van der Waals surface area (Å²) >= 11 is 0. The van der Waals surface area contributed by atoms with E-state index >= 15 is 0 Å². The van der Waals surface area contributed by atoms with Crippen molar-refractivity contribution in [1.82, 2.24) is 0 Å². The van der Waals surface area contributed by atoms with Crippen LogP contribution in [0.4, 0.5) is 0 Å². The molecule has 0 bridgehead atoms. The molecule has 22 heavy (non-hydrogen) atoms. The first kappa shape index (κ1) is 15.3. The Morgan fingerprint density at radius 1 is 1.09 bits per heavy atom. The van der Waals surface area contributed by atoms with Crippen molar-refractivity contribution < 1.29 is 18.8 Å². The molecule has 1 fully saturated rings. The average molecular weight is 302 g/mol. The average Bonchev–Trinajstić information content (AvgIpc) is 2.66. The molecular weight excluding hydrogens is 283 g/mol. The third-order valence-corrected chi connectivity index (χ3v) is 4.53. The Labute approximate surface area is 129 Å². The second-order valence-corrected chi connectivity index (χ2v) is 6.60. The molecule has 1 N–H and O–H groups in total. The fourth-order valence-corrected chi connectivity index (χ4v) is 2.41. The van der Waals surface area contributed by atoms with Gasteiger partial charge < -0.3 is 18.8 Å². The monoisotopic (exact) mass is 302 g/mol. The summed E-state index contributed by atoms with van der Waals surface area (Å²) in [5, 5.41) is 9.87. The number of hydrogen-bond donors (Lipinski definition) is 1. The third-order valence-electron chi connectivity index (χ3n) is 4.53. The van der Waals surface area contributed by atoms with Crippen molar-refractivity contribution in [2.75, 3.05) is 0 Å².